The number of amides is 1. The van der Waals surface area contributed by atoms with E-state index in [0.717, 1.165) is 32.5 Å². The highest BCUT2D eigenvalue weighted by molar-refractivity contribution is 5.82. The van der Waals surface area contributed by atoms with Crippen molar-refractivity contribution in [3.05, 3.63) is 0 Å². The predicted octanol–water partition coefficient (Wildman–Crippen LogP) is 0.801. The summed E-state index contributed by atoms with van der Waals surface area (Å²) >= 11 is 0. The molecule has 0 aromatic rings. The Morgan fingerprint density at radius 2 is 2.05 bits per heavy atom. The molecular weight excluding hydrogens is 254 g/mol. The van der Waals surface area contributed by atoms with Gasteiger partial charge in [-0.05, 0) is 52.4 Å². The lowest BCUT2D eigenvalue weighted by molar-refractivity contribution is -0.136. The van der Waals surface area contributed by atoms with E-state index in [2.05, 4.69) is 31.2 Å². The van der Waals surface area contributed by atoms with E-state index in [-0.39, 0.29) is 11.9 Å². The van der Waals surface area contributed by atoms with Gasteiger partial charge in [0.2, 0.25) is 5.91 Å². The van der Waals surface area contributed by atoms with Gasteiger partial charge in [0.25, 0.3) is 0 Å². The molecule has 0 aromatic carbocycles. The molecule has 0 spiro atoms. The summed E-state index contributed by atoms with van der Waals surface area (Å²) in [5.41, 5.74) is 0. The third kappa shape index (κ3) is 5.77. The minimum Gasteiger partial charge on any atom is -0.383 e. The van der Waals surface area contributed by atoms with Gasteiger partial charge in [-0.2, -0.15) is 0 Å². The van der Waals surface area contributed by atoms with Gasteiger partial charge >= 0.3 is 0 Å². The predicted molar refractivity (Wildman–Crippen MR) is 81.8 cm³/mol. The summed E-state index contributed by atoms with van der Waals surface area (Å²) in [6.45, 7) is 6.23. The highest BCUT2D eigenvalue weighted by atomic mass is 16.5. The molecule has 1 N–H and O–H groups in total. The van der Waals surface area contributed by atoms with E-state index in [4.69, 9.17) is 4.74 Å². The average Bonchev–Trinajstić information content (AvgIpc) is 2.42. The molecule has 0 aliphatic carbocycles. The fourth-order valence-electron chi connectivity index (χ4n) is 2.69. The van der Waals surface area contributed by atoms with Crippen LogP contribution in [-0.4, -0.2) is 75.7 Å². The molecular formula is C15H31N3O2. The molecule has 118 valence electrons. The molecule has 20 heavy (non-hydrogen) atoms. The summed E-state index contributed by atoms with van der Waals surface area (Å²) in [4.78, 5) is 16.8. The van der Waals surface area contributed by atoms with Crippen LogP contribution in [0.2, 0.25) is 0 Å². The van der Waals surface area contributed by atoms with Crippen LogP contribution >= 0.6 is 0 Å². The van der Waals surface area contributed by atoms with Gasteiger partial charge in [0.1, 0.15) is 0 Å². The zero-order valence-electron chi connectivity index (χ0n) is 13.5. The molecule has 0 radical (unpaired) electrons. The van der Waals surface area contributed by atoms with Crippen LogP contribution in [0.25, 0.3) is 0 Å². The number of rotatable bonds is 8. The fraction of sp³-hybridized carbons (Fsp3) is 0.933. The summed E-state index contributed by atoms with van der Waals surface area (Å²) < 4.78 is 5.14. The molecule has 1 fully saturated rings. The number of hydrogen-bond donors (Lipinski definition) is 1. The Balaban J connectivity index is 2.53. The Labute approximate surface area is 123 Å². The number of nitrogens with zero attached hydrogens (tertiary/aromatic N) is 2. The lowest BCUT2D eigenvalue weighted by Gasteiger charge is -2.34. The molecule has 2 atom stereocenters. The lowest BCUT2D eigenvalue weighted by atomic mass is 9.91. The number of carbonyl (C=O) groups excluding carboxylic acids is 1. The zero-order chi connectivity index (χ0) is 15.0. The van der Waals surface area contributed by atoms with E-state index in [9.17, 15) is 4.79 Å². The second-order valence-corrected chi connectivity index (χ2v) is 6.03. The summed E-state index contributed by atoms with van der Waals surface area (Å²) in [7, 11) is 5.81. The molecule has 1 aliphatic rings. The van der Waals surface area contributed by atoms with E-state index in [1.807, 2.05) is 4.90 Å². The summed E-state index contributed by atoms with van der Waals surface area (Å²) in [6, 6.07) is -0.0139. The first-order chi connectivity index (χ1) is 9.56. The van der Waals surface area contributed by atoms with E-state index in [1.165, 1.54) is 6.42 Å². The highest BCUT2D eigenvalue weighted by Gasteiger charge is 2.30. The van der Waals surface area contributed by atoms with E-state index < -0.39 is 0 Å². The molecule has 0 bridgehead atoms. The maximum absolute atomic E-state index is 12.7. The smallest absolute Gasteiger partial charge is 0.240 e. The molecule has 1 rings (SSSR count). The highest BCUT2D eigenvalue weighted by Crippen LogP contribution is 2.17. The van der Waals surface area contributed by atoms with Crippen molar-refractivity contribution < 1.29 is 9.53 Å². The normalized spacial score (nSPS) is 23.1. The van der Waals surface area contributed by atoms with Crippen molar-refractivity contribution in [1.82, 2.24) is 15.1 Å². The first-order valence-electron chi connectivity index (χ1n) is 7.72. The second kappa shape index (κ2) is 9.32. The summed E-state index contributed by atoms with van der Waals surface area (Å²) in [6.07, 6.45) is 3.31. The third-order valence-corrected chi connectivity index (χ3v) is 3.95. The SMILES string of the molecule is COCCN(CCCN(C)C)C(=O)C1NCCCC1C. The fourth-order valence-corrected chi connectivity index (χ4v) is 2.69. The topological polar surface area (TPSA) is 44.8 Å². The van der Waals surface area contributed by atoms with Gasteiger partial charge in [-0.1, -0.05) is 6.92 Å². The van der Waals surface area contributed by atoms with Crippen molar-refractivity contribution in [1.29, 1.82) is 0 Å². The summed E-state index contributed by atoms with van der Waals surface area (Å²) in [5.74, 6) is 0.670. The van der Waals surface area contributed by atoms with Gasteiger partial charge in [0.05, 0.1) is 12.6 Å². The van der Waals surface area contributed by atoms with E-state index >= 15 is 0 Å². The van der Waals surface area contributed by atoms with Gasteiger partial charge in [-0.15, -0.1) is 0 Å². The molecule has 1 heterocycles. The molecule has 5 nitrogen and oxygen atoms in total. The van der Waals surface area contributed by atoms with Crippen LogP contribution in [0.1, 0.15) is 26.2 Å². The molecule has 2 unspecified atom stereocenters. The molecule has 5 heteroatoms. The van der Waals surface area contributed by atoms with Crippen molar-refractivity contribution in [2.75, 3.05) is 54.0 Å². The average molecular weight is 285 g/mol. The maximum Gasteiger partial charge on any atom is 0.240 e. The number of hydrogen-bond acceptors (Lipinski definition) is 4. The van der Waals surface area contributed by atoms with Gasteiger partial charge in [-0.25, -0.2) is 0 Å². The van der Waals surface area contributed by atoms with E-state index in [0.29, 0.717) is 19.1 Å². The van der Waals surface area contributed by atoms with Crippen LogP contribution < -0.4 is 5.32 Å². The third-order valence-electron chi connectivity index (χ3n) is 3.95. The Bertz CT molecular complexity index is 284. The van der Waals surface area contributed by atoms with E-state index in [1.54, 1.807) is 7.11 Å². The van der Waals surface area contributed by atoms with Gasteiger partial charge in [0, 0.05) is 20.2 Å². The van der Waals surface area contributed by atoms with Crippen LogP contribution in [0.4, 0.5) is 0 Å². The molecule has 0 aromatic heterocycles. The minimum absolute atomic E-state index is 0.0139. The molecule has 1 saturated heterocycles. The quantitative estimate of drug-likeness (QED) is 0.716. The summed E-state index contributed by atoms with van der Waals surface area (Å²) in [5, 5.41) is 3.38. The number of methoxy groups -OCH3 is 1. The van der Waals surface area contributed by atoms with Crippen LogP contribution in [-0.2, 0) is 9.53 Å². The van der Waals surface area contributed by atoms with Gasteiger partial charge < -0.3 is 19.9 Å². The standard InChI is InChI=1S/C15H31N3O2/c1-13-7-5-8-16-14(13)15(19)18(11-12-20-4)10-6-9-17(2)3/h13-14,16H,5-12H2,1-4H3. The van der Waals surface area contributed by atoms with Crippen molar-refractivity contribution in [3.8, 4) is 0 Å². The Morgan fingerprint density at radius 1 is 1.30 bits per heavy atom. The van der Waals surface area contributed by atoms with Crippen molar-refractivity contribution in [2.45, 2.75) is 32.2 Å². The second-order valence-electron chi connectivity index (χ2n) is 6.03. The zero-order valence-corrected chi connectivity index (χ0v) is 13.5. The first kappa shape index (κ1) is 17.4. The Kier molecular flexibility index (Phi) is 8.11. The number of piperidine rings is 1. The molecule has 1 amide bonds. The lowest BCUT2D eigenvalue weighted by Crippen LogP contribution is -2.53. The monoisotopic (exact) mass is 285 g/mol. The van der Waals surface area contributed by atoms with Gasteiger partial charge in [0.15, 0.2) is 0 Å². The van der Waals surface area contributed by atoms with Crippen LogP contribution in [0.15, 0.2) is 0 Å². The van der Waals surface area contributed by atoms with Crippen molar-refractivity contribution in [3.63, 3.8) is 0 Å². The van der Waals surface area contributed by atoms with Crippen molar-refractivity contribution >= 4 is 5.91 Å². The molecule has 0 saturated carbocycles. The van der Waals surface area contributed by atoms with Crippen LogP contribution in [0.3, 0.4) is 0 Å². The van der Waals surface area contributed by atoms with Gasteiger partial charge in [-0.3, -0.25) is 4.79 Å². The Morgan fingerprint density at radius 3 is 2.65 bits per heavy atom. The largest absolute Gasteiger partial charge is 0.383 e. The number of ether oxygens (including phenoxy) is 1. The first-order valence-corrected chi connectivity index (χ1v) is 7.72. The maximum atomic E-state index is 12.7. The van der Waals surface area contributed by atoms with Crippen molar-refractivity contribution in [2.24, 2.45) is 5.92 Å². The molecule has 1 aliphatic heterocycles. The minimum atomic E-state index is -0.0139. The van der Waals surface area contributed by atoms with Crippen LogP contribution in [0.5, 0.6) is 0 Å². The van der Waals surface area contributed by atoms with Crippen LogP contribution in [0, 0.1) is 5.92 Å². The number of nitrogens with one attached hydrogen (secondary N) is 1. The Hall–Kier alpha value is -0.650. The number of carbonyl (C=O) groups is 1.